The molecule has 13 nitrogen and oxygen atoms in total. The Hall–Kier alpha value is -4.03. The highest BCUT2D eigenvalue weighted by Gasteiger charge is 2.51. The van der Waals surface area contributed by atoms with Gasteiger partial charge >= 0.3 is 0 Å². The van der Waals surface area contributed by atoms with Crippen LogP contribution in [0.3, 0.4) is 0 Å². The number of hydrogen-bond donors (Lipinski definition) is 5. The van der Waals surface area contributed by atoms with Gasteiger partial charge in [-0.15, -0.1) is 0 Å². The zero-order valence-corrected chi connectivity index (χ0v) is 29.3. The fraction of sp³-hybridized carbons (Fsp3) is 0.686. The van der Waals surface area contributed by atoms with Gasteiger partial charge in [0.25, 0.3) is 11.8 Å². The lowest BCUT2D eigenvalue weighted by atomic mass is 9.83. The van der Waals surface area contributed by atoms with Gasteiger partial charge in [0.15, 0.2) is 5.78 Å². The first-order chi connectivity index (χ1) is 22.5. The summed E-state index contributed by atoms with van der Waals surface area (Å²) < 4.78 is 0. The minimum absolute atomic E-state index is 0.00300. The summed E-state index contributed by atoms with van der Waals surface area (Å²) in [5, 5.41) is 10.9. The van der Waals surface area contributed by atoms with E-state index in [0.717, 1.165) is 38.5 Å². The number of rotatable bonds is 13. The van der Waals surface area contributed by atoms with Crippen LogP contribution >= 0.6 is 0 Å². The molecule has 1 aromatic heterocycles. The van der Waals surface area contributed by atoms with Crippen molar-refractivity contribution in [3.63, 3.8) is 0 Å². The molecule has 0 radical (unpaired) electrons. The average Bonchev–Trinajstić information content (AvgIpc) is 3.67. The molecule has 0 spiro atoms. The molecule has 0 bridgehead atoms. The Labute approximate surface area is 282 Å². The quantitative estimate of drug-likeness (QED) is 0.158. The van der Waals surface area contributed by atoms with Crippen LogP contribution in [0.15, 0.2) is 0 Å². The van der Waals surface area contributed by atoms with Crippen LogP contribution in [0, 0.1) is 25.2 Å². The molecule has 13 heteroatoms. The van der Waals surface area contributed by atoms with Gasteiger partial charge < -0.3 is 31.2 Å². The molecule has 2 heterocycles. The van der Waals surface area contributed by atoms with Crippen molar-refractivity contribution in [1.82, 2.24) is 31.2 Å². The van der Waals surface area contributed by atoms with Gasteiger partial charge in [-0.2, -0.15) is 0 Å². The first kappa shape index (κ1) is 36.8. The molecule has 1 aliphatic heterocycles. The number of hydrogen-bond acceptors (Lipinski definition) is 7. The van der Waals surface area contributed by atoms with Gasteiger partial charge in [-0.25, -0.2) is 0 Å². The number of Topliss-reactive ketones (excluding diaryl/α,β-unsaturated/α-hetero) is 2. The van der Waals surface area contributed by atoms with Gasteiger partial charge in [0.1, 0.15) is 17.8 Å². The molecule has 2 saturated carbocycles. The highest BCUT2D eigenvalue weighted by Crippen LogP contribution is 2.41. The average molecular weight is 669 g/mol. The van der Waals surface area contributed by atoms with Crippen LogP contribution in [0.25, 0.3) is 0 Å². The van der Waals surface area contributed by atoms with Crippen molar-refractivity contribution in [1.29, 1.82) is 0 Å². The Kier molecular flexibility index (Phi) is 11.5. The van der Waals surface area contributed by atoms with Gasteiger partial charge in [-0.1, -0.05) is 47.0 Å². The molecule has 264 valence electrons. The van der Waals surface area contributed by atoms with E-state index in [1.807, 2.05) is 27.7 Å². The van der Waals surface area contributed by atoms with E-state index in [0.29, 0.717) is 24.1 Å². The van der Waals surface area contributed by atoms with E-state index in [4.69, 9.17) is 0 Å². The predicted molar refractivity (Wildman–Crippen MR) is 178 cm³/mol. The number of likely N-dealkylation sites (tertiary alicyclic amines) is 1. The van der Waals surface area contributed by atoms with E-state index in [2.05, 4.69) is 26.3 Å². The standard InChI is InChI=1S/C35H52N6O7/c1-8-11-23(29(44)33(47)38-22-14-15-22)39-31(45)25-16-21-12-9-10-13-24(21)41(25)34(48)30(35(5,6)7)40-26(43)17-36-32(46)28-27(20(4)42)18(2)19(3)37-28/h21-25,30,37H,8-17H2,1-7H3,(H,36,46)(H,38,47)(H,39,45)(H,40,43)/t21-,23-,24?,25-,30+/m0/s1. The van der Waals surface area contributed by atoms with Crippen LogP contribution in [0.2, 0.25) is 0 Å². The fourth-order valence-electron chi connectivity index (χ4n) is 7.07. The lowest BCUT2D eigenvalue weighted by molar-refractivity contribution is -0.147. The Morgan fingerprint density at radius 3 is 2.23 bits per heavy atom. The molecule has 5 N–H and O–H groups in total. The second-order valence-electron chi connectivity index (χ2n) is 14.8. The number of aromatic amines is 1. The molecular weight excluding hydrogens is 616 g/mol. The molecule has 0 aromatic carbocycles. The topological polar surface area (TPSA) is 187 Å². The number of carbonyl (C=O) groups excluding carboxylic acids is 7. The summed E-state index contributed by atoms with van der Waals surface area (Å²) in [7, 11) is 0. The van der Waals surface area contributed by atoms with E-state index in [1.54, 1.807) is 18.7 Å². The molecule has 1 aromatic rings. The highest BCUT2D eigenvalue weighted by atomic mass is 16.2. The van der Waals surface area contributed by atoms with Crippen LogP contribution < -0.4 is 21.3 Å². The highest BCUT2D eigenvalue weighted by molar-refractivity contribution is 6.38. The van der Waals surface area contributed by atoms with Crippen LogP contribution in [-0.4, -0.2) is 87.7 Å². The molecule has 48 heavy (non-hydrogen) atoms. The number of amides is 5. The third-order valence-electron chi connectivity index (χ3n) is 9.90. The molecule has 4 rings (SSSR count). The maximum absolute atomic E-state index is 14.5. The molecule has 3 fully saturated rings. The Morgan fingerprint density at radius 1 is 0.958 bits per heavy atom. The number of fused-ring (bicyclic) bond motifs is 1. The SMILES string of the molecule is CCC[C@H](NC(=O)[C@@H]1C[C@@H]2CCCCC2N1C(=O)[C@@H](NC(=O)CNC(=O)c1[nH]c(C)c(C)c1C(C)=O)C(C)(C)C)C(=O)C(=O)NC1CC1. The second-order valence-corrected chi connectivity index (χ2v) is 14.8. The zero-order chi connectivity index (χ0) is 35.5. The summed E-state index contributed by atoms with van der Waals surface area (Å²) >= 11 is 0. The van der Waals surface area contributed by atoms with Crippen molar-refractivity contribution in [2.45, 2.75) is 136 Å². The molecule has 3 aliphatic rings. The minimum atomic E-state index is -1.03. The molecular formula is C35H52N6O7. The van der Waals surface area contributed by atoms with Crippen molar-refractivity contribution in [2.24, 2.45) is 11.3 Å². The number of H-pyrrole nitrogens is 1. The van der Waals surface area contributed by atoms with E-state index in [1.165, 1.54) is 6.92 Å². The Morgan fingerprint density at radius 2 is 1.62 bits per heavy atom. The smallest absolute Gasteiger partial charge is 0.289 e. The first-order valence-electron chi connectivity index (χ1n) is 17.3. The molecule has 1 saturated heterocycles. The lowest BCUT2D eigenvalue weighted by Crippen LogP contribution is -2.61. The Balaban J connectivity index is 1.50. The van der Waals surface area contributed by atoms with Crippen molar-refractivity contribution >= 4 is 41.1 Å². The Bertz CT molecular complexity index is 1460. The summed E-state index contributed by atoms with van der Waals surface area (Å²) in [6.07, 6.45) is 6.41. The summed E-state index contributed by atoms with van der Waals surface area (Å²) in [6.45, 7) is 11.7. The normalized spacial score (nSPS) is 21.8. The molecule has 2 aliphatic carbocycles. The number of aryl methyl sites for hydroxylation is 1. The molecule has 5 atom stereocenters. The van der Waals surface area contributed by atoms with E-state index < -0.39 is 65.4 Å². The van der Waals surface area contributed by atoms with Gasteiger partial charge in [0, 0.05) is 17.8 Å². The van der Waals surface area contributed by atoms with Gasteiger partial charge in [-0.3, -0.25) is 33.6 Å². The minimum Gasteiger partial charge on any atom is -0.354 e. The summed E-state index contributed by atoms with van der Waals surface area (Å²) in [5.41, 5.74) is 0.910. The lowest BCUT2D eigenvalue weighted by Gasteiger charge is -2.39. The summed E-state index contributed by atoms with van der Waals surface area (Å²) in [5.74, 6) is -3.68. The molecule has 1 unspecified atom stereocenters. The van der Waals surface area contributed by atoms with Crippen LogP contribution in [0.5, 0.6) is 0 Å². The summed E-state index contributed by atoms with van der Waals surface area (Å²) in [6, 6.07) is -3.10. The zero-order valence-electron chi connectivity index (χ0n) is 29.3. The van der Waals surface area contributed by atoms with Crippen LogP contribution in [-0.2, 0) is 24.0 Å². The van der Waals surface area contributed by atoms with Gasteiger partial charge in [0.05, 0.1) is 18.2 Å². The fourth-order valence-corrected chi connectivity index (χ4v) is 7.07. The third-order valence-corrected chi connectivity index (χ3v) is 9.90. The van der Waals surface area contributed by atoms with Crippen molar-refractivity contribution in [3.8, 4) is 0 Å². The van der Waals surface area contributed by atoms with E-state index in [9.17, 15) is 33.6 Å². The maximum Gasteiger partial charge on any atom is 0.289 e. The van der Waals surface area contributed by atoms with Crippen LogP contribution in [0.4, 0.5) is 0 Å². The van der Waals surface area contributed by atoms with Crippen molar-refractivity contribution in [2.75, 3.05) is 6.54 Å². The van der Waals surface area contributed by atoms with E-state index >= 15 is 0 Å². The number of carbonyl (C=O) groups is 7. The van der Waals surface area contributed by atoms with Crippen LogP contribution in [0.1, 0.15) is 125 Å². The predicted octanol–water partition coefficient (Wildman–Crippen LogP) is 2.39. The number of aromatic nitrogens is 1. The monoisotopic (exact) mass is 668 g/mol. The van der Waals surface area contributed by atoms with Crippen molar-refractivity contribution < 1.29 is 33.6 Å². The second kappa shape index (κ2) is 15.0. The number of ketones is 2. The first-order valence-corrected chi connectivity index (χ1v) is 17.3. The van der Waals surface area contributed by atoms with Gasteiger partial charge in [0.2, 0.25) is 23.5 Å². The number of nitrogens with zero attached hydrogens (tertiary/aromatic N) is 1. The maximum atomic E-state index is 14.5. The molecule has 5 amide bonds. The largest absolute Gasteiger partial charge is 0.354 e. The number of nitrogens with one attached hydrogen (secondary N) is 5. The third kappa shape index (κ3) is 8.33. The van der Waals surface area contributed by atoms with Crippen molar-refractivity contribution in [3.05, 3.63) is 22.5 Å². The summed E-state index contributed by atoms with van der Waals surface area (Å²) in [4.78, 5) is 96.9. The van der Waals surface area contributed by atoms with E-state index in [-0.39, 0.29) is 41.5 Å². The van der Waals surface area contributed by atoms with Gasteiger partial charge in [-0.05, 0) is 76.2 Å².